The molecule has 1 unspecified atom stereocenters. The lowest BCUT2D eigenvalue weighted by Gasteiger charge is -2.23. The minimum atomic E-state index is 0.274. The van der Waals surface area contributed by atoms with Crippen LogP contribution in [0, 0.1) is 13.8 Å². The van der Waals surface area contributed by atoms with Gasteiger partial charge in [0.25, 0.3) is 0 Å². The monoisotopic (exact) mass is 271 g/mol. The molecule has 4 nitrogen and oxygen atoms in total. The summed E-state index contributed by atoms with van der Waals surface area (Å²) in [4.78, 5) is 0. The van der Waals surface area contributed by atoms with E-state index in [0.29, 0.717) is 5.92 Å². The van der Waals surface area contributed by atoms with Crippen LogP contribution in [-0.4, -0.2) is 28.0 Å². The molecule has 1 aliphatic rings. The third-order valence-electron chi connectivity index (χ3n) is 4.13. The molecule has 3 rings (SSSR count). The van der Waals surface area contributed by atoms with E-state index in [2.05, 4.69) is 24.3 Å². The van der Waals surface area contributed by atoms with Gasteiger partial charge in [0, 0.05) is 29.8 Å². The highest BCUT2D eigenvalue weighted by Crippen LogP contribution is 2.30. The molecule has 0 amide bonds. The summed E-state index contributed by atoms with van der Waals surface area (Å²) in [6.07, 6.45) is 2.45. The van der Waals surface area contributed by atoms with Gasteiger partial charge in [-0.25, -0.2) is 4.68 Å². The number of aromatic nitrogens is 2. The molecule has 106 valence electrons. The zero-order chi connectivity index (χ0) is 14.1. The minimum absolute atomic E-state index is 0.274. The van der Waals surface area contributed by atoms with Crippen LogP contribution in [0.15, 0.2) is 24.3 Å². The van der Waals surface area contributed by atoms with E-state index in [-0.39, 0.29) is 5.75 Å². The summed E-state index contributed by atoms with van der Waals surface area (Å²) >= 11 is 0. The number of hydrogen-bond donors (Lipinski definition) is 2. The normalized spacial score (nSPS) is 19.2. The average molecular weight is 271 g/mol. The fraction of sp³-hybridized carbons (Fsp3) is 0.438. The van der Waals surface area contributed by atoms with Crippen molar-refractivity contribution in [3.05, 3.63) is 41.2 Å². The molecule has 1 aromatic heterocycles. The third kappa shape index (κ3) is 2.31. The summed E-state index contributed by atoms with van der Waals surface area (Å²) in [7, 11) is 0. The number of rotatable bonds is 2. The van der Waals surface area contributed by atoms with E-state index >= 15 is 0 Å². The number of piperidine rings is 1. The fourth-order valence-corrected chi connectivity index (χ4v) is 3.22. The predicted molar refractivity (Wildman–Crippen MR) is 79.5 cm³/mol. The molecule has 1 aliphatic heterocycles. The predicted octanol–water partition coefficient (Wildman–Crippen LogP) is 2.66. The Balaban J connectivity index is 2.02. The van der Waals surface area contributed by atoms with E-state index in [1.165, 1.54) is 24.1 Å². The van der Waals surface area contributed by atoms with Gasteiger partial charge in [0.2, 0.25) is 0 Å². The van der Waals surface area contributed by atoms with Crippen LogP contribution in [0.4, 0.5) is 0 Å². The Bertz CT molecular complexity index is 612. The van der Waals surface area contributed by atoms with Crippen LogP contribution in [0.25, 0.3) is 5.69 Å². The molecular weight excluding hydrogens is 250 g/mol. The summed E-state index contributed by atoms with van der Waals surface area (Å²) < 4.78 is 1.94. The second kappa shape index (κ2) is 5.29. The van der Waals surface area contributed by atoms with Crippen LogP contribution in [-0.2, 0) is 0 Å². The molecule has 0 spiro atoms. The first-order valence-electron chi connectivity index (χ1n) is 7.23. The number of hydrogen-bond acceptors (Lipinski definition) is 3. The van der Waals surface area contributed by atoms with Crippen LogP contribution in [0.3, 0.4) is 0 Å². The molecule has 2 aromatic rings. The van der Waals surface area contributed by atoms with Gasteiger partial charge in [0.15, 0.2) is 0 Å². The summed E-state index contributed by atoms with van der Waals surface area (Å²) in [5.41, 5.74) is 4.56. The zero-order valence-electron chi connectivity index (χ0n) is 12.1. The highest BCUT2D eigenvalue weighted by Gasteiger charge is 2.23. The number of aryl methyl sites for hydroxylation is 1. The van der Waals surface area contributed by atoms with Gasteiger partial charge in [-0.15, -0.1) is 0 Å². The molecular formula is C16H21N3O. The van der Waals surface area contributed by atoms with Crippen molar-refractivity contribution in [3.63, 3.8) is 0 Å². The first-order valence-corrected chi connectivity index (χ1v) is 7.23. The van der Waals surface area contributed by atoms with E-state index in [0.717, 1.165) is 24.5 Å². The van der Waals surface area contributed by atoms with Crippen LogP contribution in [0.2, 0.25) is 0 Å². The van der Waals surface area contributed by atoms with Gasteiger partial charge < -0.3 is 10.4 Å². The summed E-state index contributed by atoms with van der Waals surface area (Å²) in [6, 6.07) is 7.26. The van der Waals surface area contributed by atoms with Gasteiger partial charge in [0.1, 0.15) is 5.75 Å². The molecule has 1 saturated heterocycles. The molecule has 0 aliphatic carbocycles. The van der Waals surface area contributed by atoms with E-state index in [1.807, 2.05) is 16.8 Å². The zero-order valence-corrected chi connectivity index (χ0v) is 12.1. The lowest BCUT2D eigenvalue weighted by Crippen LogP contribution is -2.28. The van der Waals surface area contributed by atoms with E-state index in [4.69, 9.17) is 0 Å². The van der Waals surface area contributed by atoms with Crippen molar-refractivity contribution in [2.24, 2.45) is 0 Å². The number of benzene rings is 1. The maximum absolute atomic E-state index is 9.64. The van der Waals surface area contributed by atoms with Crippen molar-refractivity contribution in [2.45, 2.75) is 32.6 Å². The molecule has 20 heavy (non-hydrogen) atoms. The molecule has 2 N–H and O–H groups in total. The second-order valence-corrected chi connectivity index (χ2v) is 5.56. The van der Waals surface area contributed by atoms with Gasteiger partial charge in [-0.05, 0) is 45.4 Å². The van der Waals surface area contributed by atoms with Crippen LogP contribution in [0.5, 0.6) is 5.75 Å². The number of aromatic hydroxyl groups is 1. The molecule has 1 fully saturated rings. The van der Waals surface area contributed by atoms with Crippen molar-refractivity contribution in [1.29, 1.82) is 0 Å². The van der Waals surface area contributed by atoms with Crippen LogP contribution < -0.4 is 5.32 Å². The number of phenols is 1. The van der Waals surface area contributed by atoms with Gasteiger partial charge in [-0.3, -0.25) is 0 Å². The highest BCUT2D eigenvalue weighted by atomic mass is 16.3. The Morgan fingerprint density at radius 1 is 1.35 bits per heavy atom. The minimum Gasteiger partial charge on any atom is -0.508 e. The van der Waals surface area contributed by atoms with Crippen molar-refractivity contribution < 1.29 is 5.11 Å². The first kappa shape index (κ1) is 13.2. The molecule has 0 bridgehead atoms. The largest absolute Gasteiger partial charge is 0.508 e. The second-order valence-electron chi connectivity index (χ2n) is 5.56. The maximum atomic E-state index is 9.64. The summed E-state index contributed by atoms with van der Waals surface area (Å²) in [5.74, 6) is 0.825. The highest BCUT2D eigenvalue weighted by molar-refractivity contribution is 5.42. The quantitative estimate of drug-likeness (QED) is 0.883. The van der Waals surface area contributed by atoms with Crippen molar-refractivity contribution in [2.75, 3.05) is 13.1 Å². The number of nitrogens with zero attached hydrogens (tertiary/aromatic N) is 2. The number of phenolic OH excluding ortho intramolecular Hbond substituents is 1. The Labute approximate surface area is 119 Å². The lowest BCUT2D eigenvalue weighted by molar-refractivity contribution is 0.459. The smallest absolute Gasteiger partial charge is 0.117 e. The maximum Gasteiger partial charge on any atom is 0.117 e. The SMILES string of the molecule is Cc1nn(-c2cccc(O)c2)c(C)c1C1CCCNC1. The van der Waals surface area contributed by atoms with Gasteiger partial charge in [-0.2, -0.15) is 5.10 Å². The fourth-order valence-electron chi connectivity index (χ4n) is 3.22. The number of nitrogens with one attached hydrogen (secondary N) is 1. The Morgan fingerprint density at radius 2 is 2.20 bits per heavy atom. The first-order chi connectivity index (χ1) is 9.66. The summed E-state index contributed by atoms with van der Waals surface area (Å²) in [6.45, 7) is 6.35. The van der Waals surface area contributed by atoms with E-state index < -0.39 is 0 Å². The van der Waals surface area contributed by atoms with Crippen LogP contribution >= 0.6 is 0 Å². The molecule has 2 heterocycles. The molecule has 1 atom stereocenters. The summed E-state index contributed by atoms with van der Waals surface area (Å²) in [5, 5.41) is 17.8. The topological polar surface area (TPSA) is 50.1 Å². The lowest BCUT2D eigenvalue weighted by atomic mass is 9.90. The standard InChI is InChI=1S/C16H21N3O/c1-11-16(13-5-4-8-17-10-13)12(2)19(18-11)14-6-3-7-15(20)9-14/h3,6-7,9,13,17,20H,4-5,8,10H2,1-2H3. The molecule has 1 aromatic carbocycles. The van der Waals surface area contributed by atoms with Crippen molar-refractivity contribution >= 4 is 0 Å². The van der Waals surface area contributed by atoms with Gasteiger partial charge in [-0.1, -0.05) is 6.07 Å². The average Bonchev–Trinajstić information content (AvgIpc) is 2.75. The van der Waals surface area contributed by atoms with Crippen molar-refractivity contribution in [3.8, 4) is 11.4 Å². The third-order valence-corrected chi connectivity index (χ3v) is 4.13. The van der Waals surface area contributed by atoms with Gasteiger partial charge >= 0.3 is 0 Å². The van der Waals surface area contributed by atoms with Crippen LogP contribution in [0.1, 0.15) is 35.7 Å². The molecule has 4 heteroatoms. The Morgan fingerprint density at radius 3 is 2.90 bits per heavy atom. The van der Waals surface area contributed by atoms with E-state index in [9.17, 15) is 5.11 Å². The molecule has 0 radical (unpaired) electrons. The van der Waals surface area contributed by atoms with Crippen molar-refractivity contribution in [1.82, 2.24) is 15.1 Å². The Hall–Kier alpha value is -1.81. The Kier molecular flexibility index (Phi) is 3.49. The van der Waals surface area contributed by atoms with Gasteiger partial charge in [0.05, 0.1) is 11.4 Å². The van der Waals surface area contributed by atoms with E-state index in [1.54, 1.807) is 12.1 Å². The molecule has 0 saturated carbocycles.